The fraction of sp³-hybridized carbons (Fsp3) is 0. The molecule has 0 saturated heterocycles. The highest BCUT2D eigenvalue weighted by Crippen LogP contribution is 2.11. The van der Waals surface area contributed by atoms with Gasteiger partial charge in [-0.1, -0.05) is 36.4 Å². The van der Waals surface area contributed by atoms with Crippen LogP contribution < -0.4 is 22.9 Å². The molecule has 0 radical (unpaired) electrons. The normalized spacial score (nSPS) is 11.4. The van der Waals surface area contributed by atoms with Crippen LogP contribution in [-0.2, 0) is 0 Å². The molecule has 2 aromatic heterocycles. The van der Waals surface area contributed by atoms with Crippen molar-refractivity contribution in [3.05, 3.63) is 47.0 Å². The molecule has 0 aliphatic carbocycles. The lowest BCUT2D eigenvalue weighted by atomic mass is 10.1. The average Bonchev–Trinajstić information content (AvgIpc) is 2.57. The summed E-state index contributed by atoms with van der Waals surface area (Å²) in [6, 6.07) is 7.72. The molecule has 3 rings (SSSR count). The summed E-state index contributed by atoms with van der Waals surface area (Å²) in [5.41, 5.74) is 24.0. The summed E-state index contributed by atoms with van der Waals surface area (Å²) in [5, 5.41) is 0. The number of rotatable bonds is 4. The molecule has 0 bridgehead atoms. The maximum Gasteiger partial charge on any atom is 0.225 e. The first-order valence-corrected chi connectivity index (χ1v) is 7.48. The Morgan fingerprint density at radius 3 is 1.08 bits per heavy atom. The zero-order valence-electron chi connectivity index (χ0n) is 13.6. The number of nitrogens with two attached hydrogens (primary N) is 4. The molecule has 0 spiro atoms. The molecule has 0 amide bonds. The molecule has 0 atom stereocenters. The second-order valence-corrected chi connectivity index (χ2v) is 5.15. The minimum Gasteiger partial charge on any atom is -0.368 e. The van der Waals surface area contributed by atoms with Crippen molar-refractivity contribution in [1.82, 2.24) is 29.9 Å². The van der Waals surface area contributed by atoms with Crippen LogP contribution in [0.2, 0.25) is 0 Å². The minimum atomic E-state index is 0.0808. The van der Waals surface area contributed by atoms with E-state index < -0.39 is 0 Å². The van der Waals surface area contributed by atoms with Crippen LogP contribution in [0.25, 0.3) is 24.3 Å². The largest absolute Gasteiger partial charge is 0.368 e. The van der Waals surface area contributed by atoms with Crippen LogP contribution in [0.4, 0.5) is 23.8 Å². The van der Waals surface area contributed by atoms with E-state index in [1.165, 1.54) is 0 Å². The number of benzene rings is 1. The van der Waals surface area contributed by atoms with Gasteiger partial charge in [-0.15, -0.1) is 0 Å². The van der Waals surface area contributed by atoms with E-state index in [2.05, 4.69) is 29.9 Å². The summed E-state index contributed by atoms with van der Waals surface area (Å²) >= 11 is 0. The molecule has 0 aliphatic rings. The Labute approximate surface area is 148 Å². The Kier molecular flexibility index (Phi) is 4.65. The Hall–Kier alpha value is -4.08. The fourth-order valence-corrected chi connectivity index (χ4v) is 2.06. The second-order valence-electron chi connectivity index (χ2n) is 5.15. The zero-order chi connectivity index (χ0) is 18.5. The summed E-state index contributed by atoms with van der Waals surface area (Å²) in [4.78, 5) is 23.4. The molecular weight excluding hydrogens is 332 g/mol. The van der Waals surface area contributed by atoms with E-state index in [-0.39, 0.29) is 23.8 Å². The summed E-state index contributed by atoms with van der Waals surface area (Å²) in [6.45, 7) is 0. The van der Waals surface area contributed by atoms with Gasteiger partial charge in [0.05, 0.1) is 0 Å². The van der Waals surface area contributed by atoms with Crippen LogP contribution >= 0.6 is 0 Å². The third kappa shape index (κ3) is 4.47. The van der Waals surface area contributed by atoms with Crippen LogP contribution in [0, 0.1) is 0 Å². The van der Waals surface area contributed by atoms with Crippen molar-refractivity contribution in [2.75, 3.05) is 22.9 Å². The molecule has 0 saturated carbocycles. The third-order valence-corrected chi connectivity index (χ3v) is 3.16. The van der Waals surface area contributed by atoms with E-state index in [0.717, 1.165) is 11.1 Å². The molecule has 8 N–H and O–H groups in total. The predicted molar refractivity (Wildman–Crippen MR) is 102 cm³/mol. The molecule has 1 aromatic carbocycles. The highest BCUT2D eigenvalue weighted by Gasteiger charge is 1.99. The molecule has 10 heteroatoms. The molecule has 2 heterocycles. The number of anilines is 4. The van der Waals surface area contributed by atoms with E-state index in [1.807, 2.05) is 36.4 Å². The standard InChI is InChI=1S/C16H16N10/c17-13-21-11(22-14(18)25-13)7-5-9-1-2-10(4-3-9)6-8-12-23-15(19)26-16(20)24-12/h1-8H,(H4,17,18,21,22,25)(H4,19,20,23,24,26). The average molecular weight is 348 g/mol. The van der Waals surface area contributed by atoms with Gasteiger partial charge in [-0.3, -0.25) is 0 Å². The van der Waals surface area contributed by atoms with Crippen molar-refractivity contribution >= 4 is 48.1 Å². The maximum absolute atomic E-state index is 5.53. The molecular formula is C16H16N10. The Morgan fingerprint density at radius 2 is 0.769 bits per heavy atom. The molecule has 0 unspecified atom stereocenters. The Morgan fingerprint density at radius 1 is 0.462 bits per heavy atom. The molecule has 0 aliphatic heterocycles. The SMILES string of the molecule is Nc1nc(N)nc(C=Cc2ccc(C=Cc3nc(N)nc(N)n3)cc2)n1. The van der Waals surface area contributed by atoms with E-state index in [1.54, 1.807) is 12.2 Å². The smallest absolute Gasteiger partial charge is 0.225 e. The van der Waals surface area contributed by atoms with E-state index in [0.29, 0.717) is 11.6 Å². The topological polar surface area (TPSA) is 181 Å². The first-order chi connectivity index (χ1) is 12.5. The van der Waals surface area contributed by atoms with Gasteiger partial charge in [-0.2, -0.15) is 29.9 Å². The second kappa shape index (κ2) is 7.21. The lowest BCUT2D eigenvalue weighted by Gasteiger charge is -1.99. The maximum atomic E-state index is 5.53. The van der Waals surface area contributed by atoms with Crippen LogP contribution in [-0.4, -0.2) is 29.9 Å². The van der Waals surface area contributed by atoms with Crippen LogP contribution in [0.3, 0.4) is 0 Å². The lowest BCUT2D eigenvalue weighted by molar-refractivity contribution is 1.06. The lowest BCUT2D eigenvalue weighted by Crippen LogP contribution is -2.04. The van der Waals surface area contributed by atoms with Gasteiger partial charge in [0, 0.05) is 0 Å². The van der Waals surface area contributed by atoms with Gasteiger partial charge < -0.3 is 22.9 Å². The first-order valence-electron chi connectivity index (χ1n) is 7.48. The van der Waals surface area contributed by atoms with Crippen molar-refractivity contribution in [2.24, 2.45) is 0 Å². The monoisotopic (exact) mass is 348 g/mol. The van der Waals surface area contributed by atoms with Crippen molar-refractivity contribution in [1.29, 1.82) is 0 Å². The molecule has 26 heavy (non-hydrogen) atoms. The van der Waals surface area contributed by atoms with Crippen molar-refractivity contribution in [3.8, 4) is 0 Å². The molecule has 10 nitrogen and oxygen atoms in total. The highest BCUT2D eigenvalue weighted by atomic mass is 15.1. The Balaban J connectivity index is 1.71. The van der Waals surface area contributed by atoms with Gasteiger partial charge in [0.25, 0.3) is 0 Å². The number of nitrogens with zero attached hydrogens (tertiary/aromatic N) is 6. The number of nitrogen functional groups attached to an aromatic ring is 4. The quantitative estimate of drug-likeness (QED) is 0.524. The van der Waals surface area contributed by atoms with Gasteiger partial charge in [0.2, 0.25) is 23.8 Å². The fourth-order valence-electron chi connectivity index (χ4n) is 2.06. The first kappa shape index (κ1) is 16.8. The van der Waals surface area contributed by atoms with E-state index in [4.69, 9.17) is 22.9 Å². The summed E-state index contributed by atoms with van der Waals surface area (Å²) in [5.74, 6) is 1.11. The molecule has 3 aromatic rings. The van der Waals surface area contributed by atoms with E-state index in [9.17, 15) is 0 Å². The number of aromatic nitrogens is 6. The predicted octanol–water partition coefficient (Wildman–Crippen LogP) is 0.726. The summed E-state index contributed by atoms with van der Waals surface area (Å²) < 4.78 is 0. The van der Waals surface area contributed by atoms with Gasteiger partial charge >= 0.3 is 0 Å². The number of hydrogen-bond acceptors (Lipinski definition) is 10. The van der Waals surface area contributed by atoms with Gasteiger partial charge in [0.15, 0.2) is 11.6 Å². The highest BCUT2D eigenvalue weighted by molar-refractivity contribution is 5.71. The van der Waals surface area contributed by atoms with Gasteiger partial charge in [-0.25, -0.2) is 0 Å². The third-order valence-electron chi connectivity index (χ3n) is 3.16. The van der Waals surface area contributed by atoms with Gasteiger partial charge in [0.1, 0.15) is 0 Å². The number of hydrogen-bond donors (Lipinski definition) is 4. The van der Waals surface area contributed by atoms with Crippen molar-refractivity contribution in [3.63, 3.8) is 0 Å². The van der Waals surface area contributed by atoms with Gasteiger partial charge in [-0.05, 0) is 23.3 Å². The molecule has 0 fully saturated rings. The van der Waals surface area contributed by atoms with Crippen molar-refractivity contribution < 1.29 is 0 Å². The van der Waals surface area contributed by atoms with Crippen LogP contribution in [0.15, 0.2) is 24.3 Å². The van der Waals surface area contributed by atoms with Crippen molar-refractivity contribution in [2.45, 2.75) is 0 Å². The molecule has 130 valence electrons. The Bertz CT molecular complexity index is 858. The minimum absolute atomic E-state index is 0.0808. The summed E-state index contributed by atoms with van der Waals surface area (Å²) in [7, 11) is 0. The summed E-state index contributed by atoms with van der Waals surface area (Å²) in [6.07, 6.45) is 7.09. The zero-order valence-corrected chi connectivity index (χ0v) is 13.6. The van der Waals surface area contributed by atoms with E-state index >= 15 is 0 Å². The van der Waals surface area contributed by atoms with Crippen LogP contribution in [0.1, 0.15) is 22.8 Å². The van der Waals surface area contributed by atoms with Crippen LogP contribution in [0.5, 0.6) is 0 Å².